The molecule has 1 aromatic carbocycles. The first kappa shape index (κ1) is 14.3. The minimum Gasteiger partial charge on any atom is -0.478 e. The fourth-order valence-electron chi connectivity index (χ4n) is 1.97. The van der Waals surface area contributed by atoms with Crippen LogP contribution in [0.25, 0.3) is 0 Å². The van der Waals surface area contributed by atoms with E-state index in [1.165, 1.54) is 18.9 Å². The normalized spacial score (nSPS) is 13.8. The van der Waals surface area contributed by atoms with Crippen LogP contribution in [0.4, 0.5) is 14.9 Å². The number of nitrogens with one attached hydrogen (secondary N) is 2. The number of anilines is 1. The summed E-state index contributed by atoms with van der Waals surface area (Å²) >= 11 is 0. The van der Waals surface area contributed by atoms with Gasteiger partial charge in [-0.25, -0.2) is 14.0 Å². The maximum Gasteiger partial charge on any atom is 0.337 e. The molecule has 0 saturated heterocycles. The molecule has 1 saturated carbocycles. The van der Waals surface area contributed by atoms with Crippen LogP contribution in [0.3, 0.4) is 0 Å². The molecule has 0 heterocycles. The number of benzene rings is 1. The Bertz CT molecular complexity index is 515. The largest absolute Gasteiger partial charge is 0.478 e. The van der Waals surface area contributed by atoms with Gasteiger partial charge in [0.05, 0.1) is 11.3 Å². The lowest BCUT2D eigenvalue weighted by molar-refractivity contribution is 0.0697. The Morgan fingerprint density at radius 3 is 2.75 bits per heavy atom. The van der Waals surface area contributed by atoms with E-state index in [1.54, 1.807) is 0 Å². The van der Waals surface area contributed by atoms with E-state index in [2.05, 4.69) is 10.6 Å². The van der Waals surface area contributed by atoms with Crippen LogP contribution in [-0.2, 0) is 0 Å². The molecule has 6 heteroatoms. The monoisotopic (exact) mass is 280 g/mol. The van der Waals surface area contributed by atoms with Gasteiger partial charge < -0.3 is 15.7 Å². The zero-order valence-corrected chi connectivity index (χ0v) is 11.0. The molecule has 2 rings (SSSR count). The number of rotatable bonds is 6. The number of amides is 2. The molecule has 1 aliphatic rings. The molecule has 2 amide bonds. The third-order valence-electron chi connectivity index (χ3n) is 3.23. The van der Waals surface area contributed by atoms with E-state index >= 15 is 0 Å². The number of carboxylic acids is 1. The lowest BCUT2D eigenvalue weighted by atomic mass is 10.1. The van der Waals surface area contributed by atoms with Crippen molar-refractivity contribution in [3.63, 3.8) is 0 Å². The molecule has 5 nitrogen and oxygen atoms in total. The predicted molar refractivity (Wildman–Crippen MR) is 72.3 cm³/mol. The van der Waals surface area contributed by atoms with Crippen LogP contribution in [0.1, 0.15) is 36.0 Å². The Morgan fingerprint density at radius 1 is 1.35 bits per heavy atom. The molecule has 20 heavy (non-hydrogen) atoms. The smallest absolute Gasteiger partial charge is 0.337 e. The maximum absolute atomic E-state index is 13.0. The number of urea groups is 1. The van der Waals surface area contributed by atoms with Crippen molar-refractivity contribution in [2.24, 2.45) is 5.92 Å². The van der Waals surface area contributed by atoms with Crippen LogP contribution in [0.2, 0.25) is 0 Å². The first-order valence-corrected chi connectivity index (χ1v) is 6.64. The van der Waals surface area contributed by atoms with E-state index in [0.29, 0.717) is 6.54 Å². The van der Waals surface area contributed by atoms with E-state index in [1.807, 2.05) is 0 Å². The second-order valence-electron chi connectivity index (χ2n) is 4.96. The average molecular weight is 280 g/mol. The first-order valence-electron chi connectivity index (χ1n) is 6.64. The van der Waals surface area contributed by atoms with Gasteiger partial charge in [-0.3, -0.25) is 0 Å². The van der Waals surface area contributed by atoms with Gasteiger partial charge in [0.1, 0.15) is 5.82 Å². The van der Waals surface area contributed by atoms with Gasteiger partial charge in [0.15, 0.2) is 0 Å². The quantitative estimate of drug-likeness (QED) is 0.701. The molecule has 0 spiro atoms. The number of carbonyl (C=O) groups is 2. The minimum atomic E-state index is -1.28. The molecule has 0 aliphatic heterocycles. The van der Waals surface area contributed by atoms with Crippen molar-refractivity contribution in [3.8, 4) is 0 Å². The standard InChI is InChI=1S/C14H17FN2O3/c15-10-5-6-12(11(8-10)13(18)19)17-14(20)16-7-1-2-9-3-4-9/h5-6,8-9H,1-4,7H2,(H,18,19)(H2,16,17,20). The summed E-state index contributed by atoms with van der Waals surface area (Å²) < 4.78 is 13.0. The molecular weight excluding hydrogens is 263 g/mol. The Labute approximate surface area is 116 Å². The molecule has 1 aromatic rings. The molecule has 0 aromatic heterocycles. The summed E-state index contributed by atoms with van der Waals surface area (Å²) in [7, 11) is 0. The topological polar surface area (TPSA) is 78.4 Å². The number of aromatic carboxylic acids is 1. The van der Waals surface area contributed by atoms with E-state index in [4.69, 9.17) is 5.11 Å². The van der Waals surface area contributed by atoms with E-state index in [9.17, 15) is 14.0 Å². The van der Waals surface area contributed by atoms with Crippen molar-refractivity contribution >= 4 is 17.7 Å². The highest BCUT2D eigenvalue weighted by molar-refractivity contribution is 5.99. The average Bonchev–Trinajstić information content (AvgIpc) is 3.21. The third-order valence-corrected chi connectivity index (χ3v) is 3.23. The Kier molecular flexibility index (Phi) is 4.55. The lowest BCUT2D eigenvalue weighted by Gasteiger charge is -2.10. The zero-order valence-electron chi connectivity index (χ0n) is 11.0. The van der Waals surface area contributed by atoms with Crippen LogP contribution >= 0.6 is 0 Å². The molecule has 1 aliphatic carbocycles. The number of halogens is 1. The number of hydrogen-bond donors (Lipinski definition) is 3. The fourth-order valence-corrected chi connectivity index (χ4v) is 1.97. The van der Waals surface area contributed by atoms with E-state index in [-0.39, 0.29) is 11.3 Å². The Hall–Kier alpha value is -2.11. The van der Waals surface area contributed by atoms with Gasteiger partial charge in [-0.05, 0) is 37.0 Å². The van der Waals surface area contributed by atoms with Gasteiger partial charge in [-0.2, -0.15) is 0 Å². The Balaban J connectivity index is 1.84. The summed E-state index contributed by atoms with van der Waals surface area (Å²) in [4.78, 5) is 22.6. The molecule has 0 bridgehead atoms. The molecule has 0 unspecified atom stereocenters. The zero-order chi connectivity index (χ0) is 14.5. The minimum absolute atomic E-state index is 0.0820. The van der Waals surface area contributed by atoms with Gasteiger partial charge >= 0.3 is 12.0 Å². The summed E-state index contributed by atoms with van der Waals surface area (Å²) in [6, 6.07) is 2.75. The predicted octanol–water partition coefficient (Wildman–Crippen LogP) is 2.84. The van der Waals surface area contributed by atoms with Gasteiger partial charge in [-0.1, -0.05) is 12.8 Å². The second kappa shape index (κ2) is 6.36. The summed E-state index contributed by atoms with van der Waals surface area (Å²) in [6.07, 6.45) is 4.58. The van der Waals surface area contributed by atoms with Crippen LogP contribution in [0.15, 0.2) is 18.2 Å². The number of hydrogen-bond acceptors (Lipinski definition) is 2. The SMILES string of the molecule is O=C(NCCCC1CC1)Nc1ccc(F)cc1C(=O)O. The Morgan fingerprint density at radius 2 is 2.10 bits per heavy atom. The fraction of sp³-hybridized carbons (Fsp3) is 0.429. The van der Waals surface area contributed by atoms with Crippen molar-refractivity contribution in [2.45, 2.75) is 25.7 Å². The highest BCUT2D eigenvalue weighted by Gasteiger charge is 2.20. The molecular formula is C14H17FN2O3. The molecule has 3 N–H and O–H groups in total. The third kappa shape index (κ3) is 4.22. The van der Waals surface area contributed by atoms with E-state index < -0.39 is 17.8 Å². The van der Waals surface area contributed by atoms with Crippen LogP contribution in [-0.4, -0.2) is 23.7 Å². The molecule has 1 fully saturated rings. The number of carbonyl (C=O) groups excluding carboxylic acids is 1. The van der Waals surface area contributed by atoms with Crippen LogP contribution < -0.4 is 10.6 Å². The highest BCUT2D eigenvalue weighted by Crippen LogP contribution is 2.33. The number of carboxylic acid groups (broad SMARTS) is 1. The van der Waals surface area contributed by atoms with Crippen molar-refractivity contribution in [1.82, 2.24) is 5.32 Å². The highest BCUT2D eigenvalue weighted by atomic mass is 19.1. The van der Waals surface area contributed by atoms with Crippen molar-refractivity contribution in [2.75, 3.05) is 11.9 Å². The molecule has 0 atom stereocenters. The second-order valence-corrected chi connectivity index (χ2v) is 4.96. The van der Waals surface area contributed by atoms with E-state index in [0.717, 1.165) is 30.9 Å². The molecule has 0 radical (unpaired) electrons. The van der Waals surface area contributed by atoms with Crippen LogP contribution in [0.5, 0.6) is 0 Å². The van der Waals surface area contributed by atoms with Crippen molar-refractivity contribution in [3.05, 3.63) is 29.6 Å². The molecule has 108 valence electrons. The maximum atomic E-state index is 13.0. The van der Waals surface area contributed by atoms with Gasteiger partial charge in [0.25, 0.3) is 0 Å². The first-order chi connectivity index (χ1) is 9.56. The van der Waals surface area contributed by atoms with Gasteiger partial charge in [0, 0.05) is 6.54 Å². The summed E-state index contributed by atoms with van der Waals surface area (Å²) in [5, 5.41) is 14.0. The van der Waals surface area contributed by atoms with Crippen molar-refractivity contribution in [1.29, 1.82) is 0 Å². The summed E-state index contributed by atoms with van der Waals surface area (Å²) in [5.74, 6) is -1.12. The summed E-state index contributed by atoms with van der Waals surface area (Å²) in [5.41, 5.74) is -0.184. The van der Waals surface area contributed by atoms with Crippen LogP contribution in [0, 0.1) is 11.7 Å². The van der Waals surface area contributed by atoms with Gasteiger partial charge in [-0.15, -0.1) is 0 Å². The van der Waals surface area contributed by atoms with Gasteiger partial charge in [0.2, 0.25) is 0 Å². The summed E-state index contributed by atoms with van der Waals surface area (Å²) in [6.45, 7) is 0.548. The van der Waals surface area contributed by atoms with Crippen molar-refractivity contribution < 1.29 is 19.1 Å². The lowest BCUT2D eigenvalue weighted by Crippen LogP contribution is -2.30.